The van der Waals surface area contributed by atoms with E-state index in [1.807, 2.05) is 42.5 Å². The summed E-state index contributed by atoms with van der Waals surface area (Å²) in [6.07, 6.45) is 0. The molecule has 6 heteroatoms. The van der Waals surface area contributed by atoms with Crippen molar-refractivity contribution < 1.29 is 9.47 Å². The summed E-state index contributed by atoms with van der Waals surface area (Å²) in [6, 6.07) is 13.5. The maximum absolute atomic E-state index is 6.18. The van der Waals surface area contributed by atoms with Crippen LogP contribution in [0.3, 0.4) is 0 Å². The van der Waals surface area contributed by atoms with E-state index in [-0.39, 0.29) is 20.3 Å². The van der Waals surface area contributed by atoms with Crippen LogP contribution in [0.15, 0.2) is 42.5 Å². The van der Waals surface area contributed by atoms with Gasteiger partial charge in [-0.25, -0.2) is 0 Å². The van der Waals surface area contributed by atoms with Gasteiger partial charge in [0.25, 0.3) is 0 Å². The van der Waals surface area contributed by atoms with Crippen LogP contribution in [-0.2, 0) is 12.2 Å². The number of hydrogen-bond acceptors (Lipinski definition) is 4. The van der Waals surface area contributed by atoms with E-state index >= 15 is 0 Å². The Morgan fingerprint density at radius 1 is 1.17 bits per heavy atom. The third-order valence-electron chi connectivity index (χ3n) is 3.93. The van der Waals surface area contributed by atoms with Gasteiger partial charge in [-0.2, -0.15) is 0 Å². The van der Waals surface area contributed by atoms with E-state index in [0.29, 0.717) is 6.61 Å². The molecule has 0 amide bonds. The quantitative estimate of drug-likeness (QED) is 0.616. The Kier molecular flexibility index (Phi) is 3.87. The van der Waals surface area contributed by atoms with Crippen LogP contribution in [0.25, 0.3) is 11.3 Å². The zero-order valence-corrected chi connectivity index (χ0v) is 15.7. The predicted octanol–water partition coefficient (Wildman–Crippen LogP) is 4.06. The molecular weight excluding hydrogens is 391 g/mol. The van der Waals surface area contributed by atoms with Crippen LogP contribution in [0.1, 0.15) is 23.8 Å². The van der Waals surface area contributed by atoms with E-state index < -0.39 is 0 Å². The van der Waals surface area contributed by atoms with Gasteiger partial charge in [-0.15, -0.1) is 0 Å². The van der Waals surface area contributed by atoms with Crippen molar-refractivity contribution in [3.8, 4) is 22.8 Å². The van der Waals surface area contributed by atoms with E-state index in [1.54, 1.807) is 0 Å². The van der Waals surface area contributed by atoms with Gasteiger partial charge in [-0.1, -0.05) is 11.6 Å². The topological polar surface area (TPSA) is 44.2 Å². The summed E-state index contributed by atoms with van der Waals surface area (Å²) in [5, 5.41) is 5.05. The van der Waals surface area contributed by atoms with E-state index in [1.165, 1.54) is 4.44 Å². The summed E-state index contributed by atoms with van der Waals surface area (Å²) >= 11 is 5.93. The van der Waals surface area contributed by atoms with Gasteiger partial charge in [0.15, 0.2) is 0 Å². The molecule has 0 saturated heterocycles. The Balaban J connectivity index is 1.59. The van der Waals surface area contributed by atoms with Crippen molar-refractivity contribution in [2.45, 2.75) is 26.1 Å². The number of aromatic nitrogens is 2. The molecule has 0 N–H and O–H groups in total. The fraction of sp³-hybridized carbons (Fsp3) is 0.222. The van der Waals surface area contributed by atoms with Crippen molar-refractivity contribution in [2.75, 3.05) is 0 Å². The average molecular weight is 406 g/mol. The molecular formula is C18H15ClN2O2Se. The number of fused-ring (bicyclic) bond motifs is 3. The summed E-state index contributed by atoms with van der Waals surface area (Å²) in [4.78, 5) is 0. The van der Waals surface area contributed by atoms with Crippen molar-refractivity contribution in [3.63, 3.8) is 0 Å². The van der Waals surface area contributed by atoms with E-state index in [4.69, 9.17) is 21.1 Å². The molecule has 0 aliphatic carbocycles. The van der Waals surface area contributed by atoms with Crippen LogP contribution in [0.4, 0.5) is 0 Å². The Hall–Kier alpha value is -1.81. The Labute approximate surface area is 151 Å². The van der Waals surface area contributed by atoms with Crippen LogP contribution in [-0.4, -0.2) is 23.9 Å². The zero-order chi connectivity index (χ0) is 16.7. The normalized spacial score (nSPS) is 14.5. The van der Waals surface area contributed by atoms with Crippen LogP contribution >= 0.6 is 11.6 Å². The Morgan fingerprint density at radius 2 is 1.96 bits per heavy atom. The number of benzene rings is 2. The van der Waals surface area contributed by atoms with Gasteiger partial charge in [-0.05, 0) is 0 Å². The molecule has 3 aromatic rings. The first-order chi connectivity index (χ1) is 11.5. The van der Waals surface area contributed by atoms with Crippen LogP contribution in [0, 0.1) is 0 Å². The van der Waals surface area contributed by atoms with Gasteiger partial charge in [-0.3, -0.25) is 0 Å². The first-order valence-corrected chi connectivity index (χ1v) is 9.56. The van der Waals surface area contributed by atoms with Crippen LogP contribution < -0.4 is 9.47 Å². The molecule has 0 radical (unpaired) electrons. The Morgan fingerprint density at radius 3 is 2.75 bits per heavy atom. The third kappa shape index (κ3) is 2.84. The number of hydrogen-bond donors (Lipinski definition) is 0. The molecule has 0 fully saturated rings. The molecule has 0 bridgehead atoms. The Bertz CT molecular complexity index is 890. The van der Waals surface area contributed by atoms with Crippen molar-refractivity contribution in [1.29, 1.82) is 0 Å². The molecule has 122 valence electrons. The molecule has 0 atom stereocenters. The molecule has 4 nitrogen and oxygen atoms in total. The summed E-state index contributed by atoms with van der Waals surface area (Å²) in [7, 11) is 0. The minimum absolute atomic E-state index is 0.0281. The molecule has 2 aromatic carbocycles. The molecule has 0 saturated carbocycles. The van der Waals surface area contributed by atoms with Gasteiger partial charge < -0.3 is 0 Å². The second kappa shape index (κ2) is 5.92. The molecule has 1 aliphatic heterocycles. The van der Waals surface area contributed by atoms with Gasteiger partial charge in [0, 0.05) is 0 Å². The molecule has 4 rings (SSSR count). The summed E-state index contributed by atoms with van der Waals surface area (Å²) < 4.78 is 17.5. The molecule has 24 heavy (non-hydrogen) atoms. The fourth-order valence-electron chi connectivity index (χ4n) is 2.70. The fourth-order valence-corrected chi connectivity index (χ4v) is 4.30. The first-order valence-electron chi connectivity index (χ1n) is 7.56. The number of ether oxygens (including phenoxy) is 2. The van der Waals surface area contributed by atoms with Crippen LogP contribution in [0.5, 0.6) is 11.5 Å². The average Bonchev–Trinajstić information content (AvgIpc) is 3.05. The second-order valence-corrected chi connectivity index (χ2v) is 8.15. The van der Waals surface area contributed by atoms with E-state index in [2.05, 4.69) is 23.0 Å². The summed E-state index contributed by atoms with van der Waals surface area (Å²) in [6.45, 7) is 4.60. The maximum atomic E-state index is 6.18. The molecule has 1 aliphatic rings. The van der Waals surface area contributed by atoms with Crippen molar-refractivity contribution >= 4 is 26.3 Å². The van der Waals surface area contributed by atoms with Gasteiger partial charge in [0.2, 0.25) is 0 Å². The van der Waals surface area contributed by atoms with Gasteiger partial charge in [0.1, 0.15) is 0 Å². The monoisotopic (exact) mass is 406 g/mol. The summed E-state index contributed by atoms with van der Waals surface area (Å²) in [5.41, 5.74) is 2.65. The summed E-state index contributed by atoms with van der Waals surface area (Å²) in [5.74, 6) is 1.56. The van der Waals surface area contributed by atoms with Crippen molar-refractivity contribution in [3.05, 3.63) is 57.5 Å². The zero-order valence-electron chi connectivity index (χ0n) is 13.2. The number of rotatable bonds is 3. The molecule has 2 heterocycles. The first kappa shape index (κ1) is 15.7. The molecule has 1 aromatic heterocycles. The van der Waals surface area contributed by atoms with E-state index in [9.17, 15) is 0 Å². The van der Waals surface area contributed by atoms with Gasteiger partial charge >= 0.3 is 140 Å². The SMILES string of the molecule is CC1(C)Oc2cc(OCc3ccc(Cl)cc3)ccc2-c2nn[se]c21. The number of nitrogens with zero attached hydrogens (tertiary/aromatic N) is 2. The van der Waals surface area contributed by atoms with Crippen LogP contribution in [0.2, 0.25) is 5.02 Å². The number of halogens is 1. The second-order valence-electron chi connectivity index (χ2n) is 6.14. The predicted molar refractivity (Wildman–Crippen MR) is 93.8 cm³/mol. The third-order valence-corrected chi connectivity index (χ3v) is 6.34. The standard InChI is InChI=1S/C18H15ClN2O2Se/c1-18(2)17-16(20-21-24-17)14-8-7-13(9-15(14)23-18)22-10-11-3-5-12(19)6-4-11/h3-9H,10H2,1-2H3. The van der Waals surface area contributed by atoms with Crippen molar-refractivity contribution in [2.24, 2.45) is 0 Å². The molecule has 0 spiro atoms. The van der Waals surface area contributed by atoms with E-state index in [0.717, 1.165) is 33.3 Å². The minimum atomic E-state index is -0.374. The van der Waals surface area contributed by atoms with Crippen molar-refractivity contribution in [1.82, 2.24) is 9.19 Å². The van der Waals surface area contributed by atoms with Gasteiger partial charge in [0.05, 0.1) is 0 Å². The molecule has 0 unspecified atom stereocenters.